The molecule has 0 amide bonds. The van der Waals surface area contributed by atoms with Crippen molar-refractivity contribution < 1.29 is 9.84 Å². The van der Waals surface area contributed by atoms with Crippen LogP contribution >= 0.6 is 0 Å². The molecular formula is C8H13NO2. The molecule has 1 saturated heterocycles. The normalized spacial score (nSPS) is 43.5. The highest BCUT2D eigenvalue weighted by Crippen LogP contribution is 2.24. The average molecular weight is 155 g/mol. The smallest absolute Gasteiger partial charge is 0.109 e. The summed E-state index contributed by atoms with van der Waals surface area (Å²) in [6.45, 7) is 2.02. The Bertz CT molecular complexity index is 173. The quantitative estimate of drug-likeness (QED) is 0.509. The van der Waals surface area contributed by atoms with E-state index < -0.39 is 5.60 Å². The van der Waals surface area contributed by atoms with Crippen LogP contribution in [-0.4, -0.2) is 36.5 Å². The van der Waals surface area contributed by atoms with E-state index in [1.807, 2.05) is 12.2 Å². The van der Waals surface area contributed by atoms with Gasteiger partial charge in [0.25, 0.3) is 0 Å². The SMILES string of the molecule is OC1(C2C=CCN2)CCOC1. The van der Waals surface area contributed by atoms with Gasteiger partial charge in [-0.1, -0.05) is 12.2 Å². The van der Waals surface area contributed by atoms with E-state index in [4.69, 9.17) is 4.74 Å². The second-order valence-corrected chi connectivity index (χ2v) is 3.22. The summed E-state index contributed by atoms with van der Waals surface area (Å²) < 4.78 is 5.15. The second kappa shape index (κ2) is 2.59. The van der Waals surface area contributed by atoms with Crippen molar-refractivity contribution in [2.75, 3.05) is 19.8 Å². The Balaban J connectivity index is 2.06. The first-order valence-electron chi connectivity index (χ1n) is 4.01. The van der Waals surface area contributed by atoms with Crippen LogP contribution in [0, 0.1) is 0 Å². The molecule has 0 spiro atoms. The standard InChI is InChI=1S/C8H13NO2/c10-8(3-5-11-6-8)7-2-1-4-9-7/h1-2,7,9-10H,3-6H2. The van der Waals surface area contributed by atoms with Gasteiger partial charge >= 0.3 is 0 Å². The molecule has 3 nitrogen and oxygen atoms in total. The van der Waals surface area contributed by atoms with Gasteiger partial charge in [0.1, 0.15) is 5.60 Å². The predicted octanol–water partition coefficient (Wildman–Crippen LogP) is -0.334. The highest BCUT2D eigenvalue weighted by molar-refractivity contribution is 5.11. The van der Waals surface area contributed by atoms with E-state index >= 15 is 0 Å². The van der Waals surface area contributed by atoms with E-state index in [1.165, 1.54) is 0 Å². The Morgan fingerprint density at radius 1 is 1.64 bits per heavy atom. The van der Waals surface area contributed by atoms with Crippen molar-refractivity contribution in [3.63, 3.8) is 0 Å². The molecule has 0 aromatic carbocycles. The minimum atomic E-state index is -0.646. The van der Waals surface area contributed by atoms with Crippen LogP contribution in [0.4, 0.5) is 0 Å². The zero-order valence-corrected chi connectivity index (χ0v) is 6.42. The molecule has 2 unspecified atom stereocenters. The topological polar surface area (TPSA) is 41.5 Å². The lowest BCUT2D eigenvalue weighted by atomic mass is 9.94. The maximum absolute atomic E-state index is 9.95. The number of aliphatic hydroxyl groups is 1. The lowest BCUT2D eigenvalue weighted by Gasteiger charge is -2.26. The number of hydrogen-bond acceptors (Lipinski definition) is 3. The molecule has 2 N–H and O–H groups in total. The first-order valence-corrected chi connectivity index (χ1v) is 4.01. The molecule has 0 bridgehead atoms. The van der Waals surface area contributed by atoms with E-state index in [0.717, 1.165) is 13.0 Å². The number of hydrogen-bond donors (Lipinski definition) is 2. The Kier molecular flexibility index (Phi) is 1.71. The molecule has 1 fully saturated rings. The van der Waals surface area contributed by atoms with Gasteiger partial charge in [-0.05, 0) is 0 Å². The molecule has 2 aliphatic rings. The Morgan fingerprint density at radius 2 is 2.55 bits per heavy atom. The summed E-state index contributed by atoms with van der Waals surface area (Å²) in [6, 6.07) is 0.102. The van der Waals surface area contributed by atoms with Crippen molar-refractivity contribution in [1.29, 1.82) is 0 Å². The van der Waals surface area contributed by atoms with Crippen molar-refractivity contribution in [2.45, 2.75) is 18.1 Å². The van der Waals surface area contributed by atoms with Crippen molar-refractivity contribution in [1.82, 2.24) is 5.32 Å². The van der Waals surface area contributed by atoms with E-state index in [0.29, 0.717) is 13.2 Å². The van der Waals surface area contributed by atoms with E-state index in [-0.39, 0.29) is 6.04 Å². The predicted molar refractivity (Wildman–Crippen MR) is 41.3 cm³/mol. The molecule has 2 heterocycles. The highest BCUT2D eigenvalue weighted by Gasteiger charge is 2.39. The molecular weight excluding hydrogens is 142 g/mol. The number of nitrogens with one attached hydrogen (secondary N) is 1. The zero-order valence-electron chi connectivity index (χ0n) is 6.42. The van der Waals surface area contributed by atoms with Crippen LogP contribution in [0.25, 0.3) is 0 Å². The highest BCUT2D eigenvalue weighted by atomic mass is 16.5. The fourth-order valence-corrected chi connectivity index (χ4v) is 1.65. The summed E-state index contributed by atoms with van der Waals surface area (Å²) in [5.74, 6) is 0. The fourth-order valence-electron chi connectivity index (χ4n) is 1.65. The number of ether oxygens (including phenoxy) is 1. The van der Waals surface area contributed by atoms with Gasteiger partial charge in [-0.15, -0.1) is 0 Å². The summed E-state index contributed by atoms with van der Waals surface area (Å²) in [5, 5.41) is 13.2. The summed E-state index contributed by atoms with van der Waals surface area (Å²) in [5.41, 5.74) is -0.646. The lowest BCUT2D eigenvalue weighted by molar-refractivity contribution is 0.00939. The molecule has 3 heteroatoms. The third-order valence-electron chi connectivity index (χ3n) is 2.39. The third-order valence-corrected chi connectivity index (χ3v) is 2.39. The summed E-state index contributed by atoms with van der Waals surface area (Å²) in [6.07, 6.45) is 4.81. The number of rotatable bonds is 1. The summed E-state index contributed by atoms with van der Waals surface area (Å²) >= 11 is 0. The summed E-state index contributed by atoms with van der Waals surface area (Å²) in [7, 11) is 0. The molecule has 11 heavy (non-hydrogen) atoms. The van der Waals surface area contributed by atoms with Crippen molar-refractivity contribution >= 4 is 0 Å². The first-order chi connectivity index (χ1) is 5.31. The molecule has 0 aliphatic carbocycles. The molecule has 0 aromatic rings. The second-order valence-electron chi connectivity index (χ2n) is 3.22. The van der Waals surface area contributed by atoms with Gasteiger partial charge in [0.2, 0.25) is 0 Å². The molecule has 0 radical (unpaired) electrons. The minimum Gasteiger partial charge on any atom is -0.385 e. The molecule has 0 aromatic heterocycles. The van der Waals surface area contributed by atoms with Crippen LogP contribution in [0.15, 0.2) is 12.2 Å². The van der Waals surface area contributed by atoms with E-state index in [1.54, 1.807) is 0 Å². The largest absolute Gasteiger partial charge is 0.385 e. The van der Waals surface area contributed by atoms with Crippen LogP contribution in [0.2, 0.25) is 0 Å². The van der Waals surface area contributed by atoms with Crippen LogP contribution in [0.1, 0.15) is 6.42 Å². The third kappa shape index (κ3) is 1.20. The monoisotopic (exact) mass is 155 g/mol. The molecule has 2 atom stereocenters. The maximum Gasteiger partial charge on any atom is 0.109 e. The molecule has 2 rings (SSSR count). The van der Waals surface area contributed by atoms with Crippen molar-refractivity contribution in [3.05, 3.63) is 12.2 Å². The van der Waals surface area contributed by atoms with Crippen LogP contribution < -0.4 is 5.32 Å². The van der Waals surface area contributed by atoms with Crippen LogP contribution in [0.5, 0.6) is 0 Å². The summed E-state index contributed by atoms with van der Waals surface area (Å²) in [4.78, 5) is 0. The van der Waals surface area contributed by atoms with E-state index in [2.05, 4.69) is 5.32 Å². The van der Waals surface area contributed by atoms with Gasteiger partial charge in [0.05, 0.1) is 12.6 Å². The van der Waals surface area contributed by atoms with Gasteiger partial charge in [0.15, 0.2) is 0 Å². The molecule has 2 aliphatic heterocycles. The molecule has 62 valence electrons. The van der Waals surface area contributed by atoms with Crippen molar-refractivity contribution in [2.24, 2.45) is 0 Å². The van der Waals surface area contributed by atoms with Crippen molar-refractivity contribution in [3.8, 4) is 0 Å². The first kappa shape index (κ1) is 7.28. The molecule has 0 saturated carbocycles. The fraction of sp³-hybridized carbons (Fsp3) is 0.750. The maximum atomic E-state index is 9.95. The van der Waals surface area contributed by atoms with Gasteiger partial charge in [-0.25, -0.2) is 0 Å². The van der Waals surface area contributed by atoms with Crippen LogP contribution in [-0.2, 0) is 4.74 Å². The van der Waals surface area contributed by atoms with Crippen LogP contribution in [0.3, 0.4) is 0 Å². The zero-order chi connectivity index (χ0) is 7.73. The van der Waals surface area contributed by atoms with Gasteiger partial charge in [-0.2, -0.15) is 0 Å². The average Bonchev–Trinajstić information content (AvgIpc) is 2.55. The van der Waals surface area contributed by atoms with Gasteiger partial charge in [0, 0.05) is 19.6 Å². The minimum absolute atomic E-state index is 0.102. The Morgan fingerprint density at radius 3 is 3.09 bits per heavy atom. The Hall–Kier alpha value is -0.380. The van der Waals surface area contributed by atoms with E-state index in [9.17, 15) is 5.11 Å². The lowest BCUT2D eigenvalue weighted by Crippen LogP contribution is -2.48. The Labute approximate surface area is 66.1 Å². The van der Waals surface area contributed by atoms with Gasteiger partial charge < -0.3 is 15.2 Å². The van der Waals surface area contributed by atoms with Gasteiger partial charge in [-0.3, -0.25) is 0 Å².